The van der Waals surface area contributed by atoms with Gasteiger partial charge in [-0.1, -0.05) is 6.08 Å². The Kier molecular flexibility index (Phi) is 41.4. The third kappa shape index (κ3) is 71.6. The largest absolute Gasteiger partial charge is 0.503 e. The van der Waals surface area contributed by atoms with E-state index in [1.54, 1.807) is 6.08 Å². The molecule has 10 heavy (non-hydrogen) atoms. The van der Waals surface area contributed by atoms with Gasteiger partial charge in [-0.3, -0.25) is 0 Å². The number of hydrogen-bond acceptors (Lipinski definition) is 3. The van der Waals surface area contributed by atoms with Gasteiger partial charge in [0.05, 0.1) is 0 Å². The van der Waals surface area contributed by atoms with Crippen molar-refractivity contribution >= 4 is 12.3 Å². The van der Waals surface area contributed by atoms with E-state index in [-0.39, 0.29) is 6.15 Å². The van der Waals surface area contributed by atoms with Gasteiger partial charge in [-0.05, 0) is 6.92 Å². The van der Waals surface area contributed by atoms with Crippen molar-refractivity contribution in [3.8, 4) is 0 Å². The van der Waals surface area contributed by atoms with Crippen LogP contribution in [-0.2, 0) is 9.59 Å². The molecule has 0 atom stereocenters. The molecule has 0 aliphatic carbocycles. The molecule has 0 unspecified atom stereocenters. The Morgan fingerprint density at radius 2 is 1.50 bits per heavy atom. The smallest absolute Gasteiger partial charge is 0.450 e. The molecule has 0 saturated heterocycles. The highest BCUT2D eigenvalue weighted by Gasteiger charge is 1.70. The molecule has 0 fully saturated rings. The van der Waals surface area contributed by atoms with E-state index >= 15 is 0 Å². The highest BCUT2D eigenvalue weighted by Crippen LogP contribution is 1.42. The molecule has 0 spiro atoms. The molecule has 0 aromatic carbocycles. The molecule has 0 radical (unpaired) electrons. The molecule has 0 heterocycles. The van der Waals surface area contributed by atoms with E-state index in [0.29, 0.717) is 0 Å². The first-order valence-electron chi connectivity index (χ1n) is 2.05. The van der Waals surface area contributed by atoms with Crippen LogP contribution in [0.4, 0.5) is 4.79 Å². The summed E-state index contributed by atoms with van der Waals surface area (Å²) in [5.74, 6) is 0. The Balaban J connectivity index is -0.0000000750. The fourth-order valence-corrected chi connectivity index (χ4v) is 0. The van der Waals surface area contributed by atoms with E-state index < -0.39 is 6.16 Å². The molecule has 0 aromatic heterocycles. The zero-order valence-electron chi connectivity index (χ0n) is 5.40. The lowest BCUT2D eigenvalue weighted by Gasteiger charge is -1.60. The highest BCUT2D eigenvalue weighted by molar-refractivity contribution is 5.53. The van der Waals surface area contributed by atoms with Crippen LogP contribution in [0.1, 0.15) is 6.92 Å². The van der Waals surface area contributed by atoms with E-state index in [4.69, 9.17) is 24.6 Å². The Morgan fingerprint density at radius 3 is 1.50 bits per heavy atom. The lowest BCUT2D eigenvalue weighted by atomic mass is 10.8. The van der Waals surface area contributed by atoms with Crippen molar-refractivity contribution in [1.82, 2.24) is 0 Å². The SMILES string of the molecule is C=CC.O=C(O)O.O=C=O. The Morgan fingerprint density at radius 1 is 1.50 bits per heavy atom. The van der Waals surface area contributed by atoms with Crippen molar-refractivity contribution in [2.45, 2.75) is 6.92 Å². The van der Waals surface area contributed by atoms with Crippen molar-refractivity contribution in [2.75, 3.05) is 0 Å². The first-order valence-corrected chi connectivity index (χ1v) is 2.05. The van der Waals surface area contributed by atoms with Crippen LogP contribution in [0.2, 0.25) is 0 Å². The molecule has 0 rings (SSSR count). The fraction of sp³-hybridized carbons (Fsp3) is 0.200. The third-order valence-electron chi connectivity index (χ3n) is 0. The van der Waals surface area contributed by atoms with Gasteiger partial charge >= 0.3 is 12.3 Å². The third-order valence-corrected chi connectivity index (χ3v) is 0. The van der Waals surface area contributed by atoms with E-state index in [9.17, 15) is 0 Å². The van der Waals surface area contributed by atoms with Crippen LogP contribution in [0, 0.1) is 0 Å². The van der Waals surface area contributed by atoms with Crippen molar-refractivity contribution in [1.29, 1.82) is 0 Å². The van der Waals surface area contributed by atoms with Crippen molar-refractivity contribution in [3.63, 3.8) is 0 Å². The van der Waals surface area contributed by atoms with Gasteiger partial charge in [-0.15, -0.1) is 6.58 Å². The quantitative estimate of drug-likeness (QED) is 0.496. The minimum Gasteiger partial charge on any atom is -0.450 e. The molecule has 58 valence electrons. The molecule has 0 aromatic rings. The average molecular weight is 148 g/mol. The first kappa shape index (κ1) is 15.8. The van der Waals surface area contributed by atoms with Gasteiger partial charge in [0, 0.05) is 0 Å². The molecular formula is C5H8O5. The monoisotopic (exact) mass is 148 g/mol. The average Bonchev–Trinajstić information content (AvgIpc) is 1.65. The maximum atomic E-state index is 8.56. The van der Waals surface area contributed by atoms with E-state index in [2.05, 4.69) is 6.58 Å². The standard InChI is InChI=1S/C3H6.CH2O3.CO2/c1-3-2;2-1(3)4;2-1-3/h3H,1H2,2H3;(H2,2,3,4);. The van der Waals surface area contributed by atoms with Gasteiger partial charge in [-0.25, -0.2) is 4.79 Å². The number of carbonyl (C=O) groups is 1. The van der Waals surface area contributed by atoms with Crippen LogP contribution >= 0.6 is 0 Å². The number of carboxylic acid groups (broad SMARTS) is 2. The van der Waals surface area contributed by atoms with Crippen molar-refractivity contribution < 1.29 is 24.6 Å². The topological polar surface area (TPSA) is 91.7 Å². The summed E-state index contributed by atoms with van der Waals surface area (Å²) in [5.41, 5.74) is 0. The summed E-state index contributed by atoms with van der Waals surface area (Å²) in [6.07, 6.45) is 0.167. The molecular weight excluding hydrogens is 140 g/mol. The van der Waals surface area contributed by atoms with Gasteiger partial charge < -0.3 is 10.2 Å². The van der Waals surface area contributed by atoms with Gasteiger partial charge in [0.1, 0.15) is 0 Å². The van der Waals surface area contributed by atoms with Gasteiger partial charge in [0.2, 0.25) is 0 Å². The molecule has 0 saturated carbocycles. The fourth-order valence-electron chi connectivity index (χ4n) is 0. The molecule has 0 aliphatic heterocycles. The van der Waals surface area contributed by atoms with Crippen LogP contribution in [0.3, 0.4) is 0 Å². The Hall–Kier alpha value is -1.61. The maximum absolute atomic E-state index is 8.56. The second kappa shape index (κ2) is 26.3. The predicted octanol–water partition coefficient (Wildman–Crippen LogP) is 0.831. The van der Waals surface area contributed by atoms with Gasteiger partial charge in [0.15, 0.2) is 0 Å². The minimum absolute atomic E-state index is 0.250. The number of allylic oxidation sites excluding steroid dienone is 1. The molecule has 5 heteroatoms. The maximum Gasteiger partial charge on any atom is 0.503 e. The Bertz CT molecular complexity index is 107. The minimum atomic E-state index is -1.83. The molecule has 2 N–H and O–H groups in total. The van der Waals surface area contributed by atoms with E-state index in [1.807, 2.05) is 6.92 Å². The summed E-state index contributed by atoms with van der Waals surface area (Å²) in [6, 6.07) is 0. The predicted molar refractivity (Wildman–Crippen MR) is 31.5 cm³/mol. The van der Waals surface area contributed by atoms with Crippen LogP contribution in [0.15, 0.2) is 12.7 Å². The number of carbonyl (C=O) groups excluding carboxylic acids is 2. The Labute approximate surface area is 57.6 Å². The lowest BCUT2D eigenvalue weighted by Crippen LogP contribution is -1.81. The second-order valence-corrected chi connectivity index (χ2v) is 0.774. The second-order valence-electron chi connectivity index (χ2n) is 0.774. The van der Waals surface area contributed by atoms with Gasteiger partial charge in [-0.2, -0.15) is 9.59 Å². The van der Waals surface area contributed by atoms with Gasteiger partial charge in [0.25, 0.3) is 0 Å². The summed E-state index contributed by atoms with van der Waals surface area (Å²) in [5, 5.41) is 13.9. The van der Waals surface area contributed by atoms with Crippen molar-refractivity contribution in [3.05, 3.63) is 12.7 Å². The summed E-state index contributed by atoms with van der Waals surface area (Å²) in [6.45, 7) is 5.25. The van der Waals surface area contributed by atoms with Crippen LogP contribution in [-0.4, -0.2) is 22.5 Å². The molecule has 0 amide bonds. The summed E-state index contributed by atoms with van der Waals surface area (Å²) < 4.78 is 0. The van der Waals surface area contributed by atoms with Crippen LogP contribution in [0.5, 0.6) is 0 Å². The van der Waals surface area contributed by atoms with Crippen LogP contribution in [0.25, 0.3) is 0 Å². The highest BCUT2D eigenvalue weighted by atomic mass is 16.6. The summed E-state index contributed by atoms with van der Waals surface area (Å²) >= 11 is 0. The van der Waals surface area contributed by atoms with E-state index in [1.165, 1.54) is 0 Å². The lowest BCUT2D eigenvalue weighted by molar-refractivity contribution is -0.191. The number of rotatable bonds is 0. The van der Waals surface area contributed by atoms with Crippen molar-refractivity contribution in [2.24, 2.45) is 0 Å². The summed E-state index contributed by atoms with van der Waals surface area (Å²) in [7, 11) is 0. The first-order chi connectivity index (χ1) is 4.56. The zero-order valence-corrected chi connectivity index (χ0v) is 5.40. The zero-order chi connectivity index (χ0) is 8.99. The molecule has 0 bridgehead atoms. The molecule has 0 aliphatic rings. The number of hydrogen-bond donors (Lipinski definition) is 2. The van der Waals surface area contributed by atoms with E-state index in [0.717, 1.165) is 0 Å². The van der Waals surface area contributed by atoms with Crippen LogP contribution < -0.4 is 0 Å². The normalized spacial score (nSPS) is 4.50. The molecule has 5 nitrogen and oxygen atoms in total. The summed E-state index contributed by atoms with van der Waals surface area (Å²) in [4.78, 5) is 24.8.